The zero-order chi connectivity index (χ0) is 44.4. The van der Waals surface area contributed by atoms with Gasteiger partial charge >= 0.3 is 5.97 Å². The number of ether oxygens (including phenoxy) is 1. The predicted octanol–water partition coefficient (Wildman–Crippen LogP) is 16.3. The van der Waals surface area contributed by atoms with Gasteiger partial charge in [-0.3, -0.25) is 9.59 Å². The largest absolute Gasteiger partial charge is 0.466 e. The average molecular weight is 860 g/mol. The molecule has 0 radical (unpaired) electrons. The summed E-state index contributed by atoms with van der Waals surface area (Å²) in [6.07, 6.45) is 60.1. The summed E-state index contributed by atoms with van der Waals surface area (Å²) in [5, 5.41) is 23.2. The highest BCUT2D eigenvalue weighted by molar-refractivity contribution is 5.76. The van der Waals surface area contributed by atoms with Crippen LogP contribution in [0.1, 0.15) is 290 Å². The lowest BCUT2D eigenvalue weighted by atomic mass is 10.0. The molecular weight excluding hydrogens is 755 g/mol. The number of unbranched alkanes of at least 4 members (excludes halogenated alkanes) is 35. The van der Waals surface area contributed by atoms with Gasteiger partial charge in [0.2, 0.25) is 5.91 Å². The van der Waals surface area contributed by atoms with Crippen LogP contribution in [0.5, 0.6) is 0 Å². The number of carbonyl (C=O) groups excluding carboxylic acids is 2. The number of hydrogen-bond donors (Lipinski definition) is 3. The third-order valence-electron chi connectivity index (χ3n) is 12.5. The maximum Gasteiger partial charge on any atom is 0.305 e. The molecule has 6 nitrogen and oxygen atoms in total. The first-order valence-electron chi connectivity index (χ1n) is 27.1. The van der Waals surface area contributed by atoms with Gasteiger partial charge in [0.05, 0.1) is 25.4 Å². The fourth-order valence-electron chi connectivity index (χ4n) is 8.32. The number of rotatable bonds is 50. The van der Waals surface area contributed by atoms with E-state index in [0.717, 1.165) is 57.8 Å². The molecule has 0 fully saturated rings. The Morgan fingerprint density at radius 1 is 0.459 bits per heavy atom. The molecule has 0 aliphatic carbocycles. The van der Waals surface area contributed by atoms with Crippen molar-refractivity contribution in [1.82, 2.24) is 5.32 Å². The van der Waals surface area contributed by atoms with Crippen molar-refractivity contribution < 1.29 is 24.5 Å². The molecule has 0 aromatic rings. The second-order valence-electron chi connectivity index (χ2n) is 18.6. The number of amides is 1. The number of hydrogen-bond acceptors (Lipinski definition) is 5. The Bertz CT molecular complexity index is 951. The Morgan fingerprint density at radius 2 is 0.820 bits per heavy atom. The minimum absolute atomic E-state index is 0.00922. The fraction of sp³-hybridized carbons (Fsp3) is 0.891. The zero-order valence-electron chi connectivity index (χ0n) is 40.9. The van der Waals surface area contributed by atoms with Crippen molar-refractivity contribution in [3.8, 4) is 0 Å². The van der Waals surface area contributed by atoms with Crippen molar-refractivity contribution in [3.63, 3.8) is 0 Å². The minimum atomic E-state index is -0.672. The molecule has 0 heterocycles. The van der Waals surface area contributed by atoms with Crippen LogP contribution in [0.25, 0.3) is 0 Å². The van der Waals surface area contributed by atoms with Gasteiger partial charge in [0, 0.05) is 12.8 Å². The topological polar surface area (TPSA) is 95.9 Å². The van der Waals surface area contributed by atoms with Crippen LogP contribution in [0.2, 0.25) is 0 Å². The van der Waals surface area contributed by atoms with Gasteiger partial charge in [-0.25, -0.2) is 0 Å². The van der Waals surface area contributed by atoms with Crippen LogP contribution in [-0.4, -0.2) is 47.4 Å². The normalized spacial score (nSPS) is 12.8. The lowest BCUT2D eigenvalue weighted by Crippen LogP contribution is -2.45. The smallest absolute Gasteiger partial charge is 0.305 e. The number of esters is 1. The molecule has 0 aromatic carbocycles. The van der Waals surface area contributed by atoms with E-state index >= 15 is 0 Å². The van der Waals surface area contributed by atoms with Crippen molar-refractivity contribution in [1.29, 1.82) is 0 Å². The van der Waals surface area contributed by atoms with Gasteiger partial charge in [-0.15, -0.1) is 0 Å². The molecule has 0 aromatic heterocycles. The Balaban J connectivity index is 3.42. The molecule has 0 saturated heterocycles. The van der Waals surface area contributed by atoms with Crippen LogP contribution in [-0.2, 0) is 14.3 Å². The van der Waals surface area contributed by atoms with Crippen LogP contribution >= 0.6 is 0 Å². The van der Waals surface area contributed by atoms with E-state index < -0.39 is 12.1 Å². The van der Waals surface area contributed by atoms with Gasteiger partial charge in [0.1, 0.15) is 0 Å². The van der Waals surface area contributed by atoms with Gasteiger partial charge in [-0.2, -0.15) is 0 Å². The number of carbonyl (C=O) groups is 2. The third kappa shape index (κ3) is 47.7. The van der Waals surface area contributed by atoms with E-state index in [0.29, 0.717) is 25.9 Å². The molecule has 0 bridgehead atoms. The van der Waals surface area contributed by atoms with Gasteiger partial charge in [-0.05, 0) is 57.8 Å². The van der Waals surface area contributed by atoms with Crippen molar-refractivity contribution >= 4 is 11.9 Å². The van der Waals surface area contributed by atoms with Crippen LogP contribution in [0.3, 0.4) is 0 Å². The molecule has 3 N–H and O–H groups in total. The molecule has 0 saturated carbocycles. The summed E-state index contributed by atoms with van der Waals surface area (Å²) in [4.78, 5) is 24.5. The highest BCUT2D eigenvalue weighted by atomic mass is 16.5. The van der Waals surface area contributed by atoms with Crippen molar-refractivity contribution in [2.45, 2.75) is 302 Å². The number of aliphatic hydroxyl groups excluding tert-OH is 2. The van der Waals surface area contributed by atoms with Crippen LogP contribution < -0.4 is 5.32 Å². The first kappa shape index (κ1) is 59.3. The molecule has 2 atom stereocenters. The number of aliphatic hydroxyl groups is 2. The summed E-state index contributed by atoms with van der Waals surface area (Å²) < 4.78 is 5.48. The minimum Gasteiger partial charge on any atom is -0.466 e. The van der Waals surface area contributed by atoms with Crippen molar-refractivity contribution in [2.75, 3.05) is 13.2 Å². The summed E-state index contributed by atoms with van der Waals surface area (Å²) in [7, 11) is 0. The van der Waals surface area contributed by atoms with Gasteiger partial charge in [-0.1, -0.05) is 244 Å². The highest BCUT2D eigenvalue weighted by Crippen LogP contribution is 2.17. The molecule has 0 rings (SSSR count). The lowest BCUT2D eigenvalue weighted by molar-refractivity contribution is -0.143. The predicted molar refractivity (Wildman–Crippen MR) is 264 cm³/mol. The van der Waals surface area contributed by atoms with E-state index in [1.54, 1.807) is 0 Å². The highest BCUT2D eigenvalue weighted by Gasteiger charge is 2.20. The van der Waals surface area contributed by atoms with Gasteiger partial charge in [0.15, 0.2) is 0 Å². The quantitative estimate of drug-likeness (QED) is 0.0322. The molecule has 2 unspecified atom stereocenters. The summed E-state index contributed by atoms with van der Waals surface area (Å²) in [6, 6.07) is -0.550. The molecule has 1 amide bonds. The Labute approximate surface area is 380 Å². The van der Waals surface area contributed by atoms with Gasteiger partial charge in [0.25, 0.3) is 0 Å². The van der Waals surface area contributed by atoms with E-state index in [-0.39, 0.29) is 18.5 Å². The van der Waals surface area contributed by atoms with E-state index in [9.17, 15) is 19.8 Å². The molecule has 61 heavy (non-hydrogen) atoms. The Kier molecular flexibility index (Phi) is 49.6. The molecule has 360 valence electrons. The molecule has 0 aliphatic rings. The third-order valence-corrected chi connectivity index (χ3v) is 12.5. The van der Waals surface area contributed by atoms with E-state index in [2.05, 4.69) is 43.5 Å². The molecule has 6 heteroatoms. The summed E-state index contributed by atoms with van der Waals surface area (Å²) in [5.41, 5.74) is 0. The Morgan fingerprint density at radius 3 is 1.28 bits per heavy atom. The fourth-order valence-corrected chi connectivity index (χ4v) is 8.32. The zero-order valence-corrected chi connectivity index (χ0v) is 40.9. The maximum absolute atomic E-state index is 12.4. The second-order valence-corrected chi connectivity index (χ2v) is 18.6. The first-order chi connectivity index (χ1) is 30.0. The monoisotopic (exact) mass is 860 g/mol. The Hall–Kier alpha value is -1.66. The van der Waals surface area contributed by atoms with Crippen LogP contribution in [0.15, 0.2) is 24.3 Å². The number of nitrogens with one attached hydrogen (secondary N) is 1. The second kappa shape index (κ2) is 51.0. The van der Waals surface area contributed by atoms with Crippen LogP contribution in [0.4, 0.5) is 0 Å². The van der Waals surface area contributed by atoms with Gasteiger partial charge < -0.3 is 20.3 Å². The van der Waals surface area contributed by atoms with E-state index in [4.69, 9.17) is 4.74 Å². The van der Waals surface area contributed by atoms with E-state index in [1.165, 1.54) is 199 Å². The summed E-state index contributed by atoms with van der Waals surface area (Å²) in [6.45, 7) is 4.90. The summed E-state index contributed by atoms with van der Waals surface area (Å²) >= 11 is 0. The van der Waals surface area contributed by atoms with E-state index in [1.807, 2.05) is 0 Å². The van der Waals surface area contributed by atoms with Crippen molar-refractivity contribution in [3.05, 3.63) is 24.3 Å². The summed E-state index contributed by atoms with van der Waals surface area (Å²) in [5.74, 6) is -0.0575. The lowest BCUT2D eigenvalue weighted by Gasteiger charge is -2.22. The number of allylic oxidation sites excluding steroid dienone is 4. The first-order valence-corrected chi connectivity index (χ1v) is 27.1. The molecule has 0 aliphatic heterocycles. The molecule has 0 spiro atoms. The average Bonchev–Trinajstić information content (AvgIpc) is 3.26. The standard InChI is InChI=1S/C55H105NO5/c1-3-5-7-9-11-13-15-17-18-19-20-21-22-25-29-33-37-41-45-49-55(60)61-50-46-42-38-34-30-26-23-24-28-32-36-40-44-48-54(59)56-52(51-57)53(58)47-43-39-35-31-27-16-14-12-10-8-6-4-2/h11,13,17-18,52-53,57-58H,3-10,12,14-16,19-51H2,1-2H3,(H,56,59)/b13-11-,18-17-. The SMILES string of the molecule is CCCCC/C=C\C/C=C\CCCCCCCCCCCC(=O)OCCCCCCCCCCCCCCCC(=O)NC(CO)C(O)CCCCCCCCCCCCCC. The van der Waals surface area contributed by atoms with Crippen LogP contribution in [0, 0.1) is 0 Å². The molecular formula is C55H105NO5. The van der Waals surface area contributed by atoms with Crippen molar-refractivity contribution in [2.24, 2.45) is 0 Å². The maximum atomic E-state index is 12.4.